The monoisotopic (exact) mass is 305 g/mol. The number of nitrogens with zero attached hydrogens (tertiary/aromatic N) is 3. The first kappa shape index (κ1) is 14.8. The average molecular weight is 305 g/mol. The van der Waals surface area contributed by atoms with Gasteiger partial charge in [-0.25, -0.2) is 4.98 Å². The predicted octanol–water partition coefficient (Wildman–Crippen LogP) is 3.09. The molecule has 114 valence electrons. The fourth-order valence-electron chi connectivity index (χ4n) is 2.57. The lowest BCUT2D eigenvalue weighted by atomic mass is 10.1. The van der Waals surface area contributed by atoms with Crippen molar-refractivity contribution in [2.24, 2.45) is 0 Å². The third-order valence-electron chi connectivity index (χ3n) is 3.66. The number of hydrogen-bond donors (Lipinski definition) is 1. The Morgan fingerprint density at radius 3 is 2.65 bits per heavy atom. The van der Waals surface area contributed by atoms with Crippen LogP contribution in [0.1, 0.15) is 31.2 Å². The van der Waals surface area contributed by atoms with Gasteiger partial charge in [0.05, 0.1) is 22.2 Å². The third-order valence-corrected chi connectivity index (χ3v) is 3.66. The van der Waals surface area contributed by atoms with Gasteiger partial charge in [-0.15, -0.1) is 0 Å². The number of phenolic OH excluding ortho intramolecular Hbond substituents is 1. The molecule has 5 nitrogen and oxygen atoms in total. The van der Waals surface area contributed by atoms with E-state index in [1.54, 1.807) is 30.3 Å². The molecule has 1 heterocycles. The number of phenols is 1. The Bertz CT molecular complexity index is 997. The minimum Gasteiger partial charge on any atom is -0.508 e. The van der Waals surface area contributed by atoms with Crippen LogP contribution in [-0.2, 0) is 0 Å². The van der Waals surface area contributed by atoms with E-state index in [1.165, 1.54) is 16.7 Å². The van der Waals surface area contributed by atoms with Crippen LogP contribution < -0.4 is 5.56 Å². The fraction of sp³-hybridized carbons (Fsp3) is 0.167. The van der Waals surface area contributed by atoms with Gasteiger partial charge in [-0.3, -0.25) is 9.36 Å². The highest BCUT2D eigenvalue weighted by Crippen LogP contribution is 2.22. The first-order valence-electron chi connectivity index (χ1n) is 7.28. The van der Waals surface area contributed by atoms with Crippen molar-refractivity contribution in [3.8, 4) is 17.5 Å². The largest absolute Gasteiger partial charge is 0.508 e. The predicted molar refractivity (Wildman–Crippen MR) is 87.8 cm³/mol. The second-order valence-electron chi connectivity index (χ2n) is 5.60. The molecule has 2 aromatic carbocycles. The van der Waals surface area contributed by atoms with Crippen molar-refractivity contribution in [3.05, 3.63) is 64.2 Å². The average Bonchev–Trinajstić information content (AvgIpc) is 2.54. The van der Waals surface area contributed by atoms with Gasteiger partial charge in [0, 0.05) is 12.0 Å². The van der Waals surface area contributed by atoms with Gasteiger partial charge in [-0.1, -0.05) is 26.0 Å². The van der Waals surface area contributed by atoms with Crippen LogP contribution in [0.5, 0.6) is 5.75 Å². The fourth-order valence-corrected chi connectivity index (χ4v) is 2.57. The van der Waals surface area contributed by atoms with Crippen LogP contribution in [0.25, 0.3) is 16.6 Å². The van der Waals surface area contributed by atoms with E-state index in [2.05, 4.69) is 11.1 Å². The van der Waals surface area contributed by atoms with Gasteiger partial charge in [-0.2, -0.15) is 5.26 Å². The molecule has 1 aromatic heterocycles. The number of aromatic nitrogens is 2. The van der Waals surface area contributed by atoms with E-state index >= 15 is 0 Å². The zero-order valence-corrected chi connectivity index (χ0v) is 12.8. The summed E-state index contributed by atoms with van der Waals surface area (Å²) in [7, 11) is 0. The first-order valence-corrected chi connectivity index (χ1v) is 7.28. The number of aromatic hydroxyl groups is 1. The van der Waals surface area contributed by atoms with E-state index in [0.717, 1.165) is 0 Å². The molecular formula is C18H15N3O2. The number of rotatable bonds is 2. The third kappa shape index (κ3) is 2.44. The molecule has 3 aromatic rings. The van der Waals surface area contributed by atoms with Crippen LogP contribution in [0.2, 0.25) is 0 Å². The molecule has 0 fully saturated rings. The van der Waals surface area contributed by atoms with Gasteiger partial charge >= 0.3 is 0 Å². The molecule has 0 saturated carbocycles. The summed E-state index contributed by atoms with van der Waals surface area (Å²) in [5.74, 6) is 0.589. The topological polar surface area (TPSA) is 78.9 Å². The Morgan fingerprint density at radius 2 is 1.96 bits per heavy atom. The molecule has 23 heavy (non-hydrogen) atoms. The number of fused-ring (bicyclic) bond motifs is 1. The Hall–Kier alpha value is -3.13. The Kier molecular flexibility index (Phi) is 3.59. The molecule has 0 amide bonds. The van der Waals surface area contributed by atoms with E-state index in [4.69, 9.17) is 0 Å². The van der Waals surface area contributed by atoms with Crippen molar-refractivity contribution in [2.45, 2.75) is 19.8 Å². The summed E-state index contributed by atoms with van der Waals surface area (Å²) in [4.78, 5) is 17.5. The normalized spacial score (nSPS) is 10.9. The minimum absolute atomic E-state index is 0.0267. The van der Waals surface area contributed by atoms with Gasteiger partial charge in [0.2, 0.25) is 0 Å². The Balaban J connectivity index is 2.47. The van der Waals surface area contributed by atoms with Gasteiger partial charge in [-0.05, 0) is 24.3 Å². The molecular weight excluding hydrogens is 290 g/mol. The number of nitriles is 1. The number of benzene rings is 2. The maximum Gasteiger partial charge on any atom is 0.266 e. The zero-order chi connectivity index (χ0) is 16.6. The van der Waals surface area contributed by atoms with Crippen LogP contribution in [0, 0.1) is 11.3 Å². The molecule has 0 aliphatic carbocycles. The van der Waals surface area contributed by atoms with E-state index in [-0.39, 0.29) is 17.2 Å². The van der Waals surface area contributed by atoms with Crippen molar-refractivity contribution < 1.29 is 5.11 Å². The van der Waals surface area contributed by atoms with E-state index in [0.29, 0.717) is 28.0 Å². The van der Waals surface area contributed by atoms with Crippen molar-refractivity contribution >= 4 is 10.9 Å². The summed E-state index contributed by atoms with van der Waals surface area (Å²) >= 11 is 0. The summed E-state index contributed by atoms with van der Waals surface area (Å²) in [6.07, 6.45) is 0. The van der Waals surface area contributed by atoms with Gasteiger partial charge in [0.1, 0.15) is 17.6 Å². The van der Waals surface area contributed by atoms with Crippen LogP contribution in [0.3, 0.4) is 0 Å². The lowest BCUT2D eigenvalue weighted by Crippen LogP contribution is -2.25. The Morgan fingerprint density at radius 1 is 1.22 bits per heavy atom. The van der Waals surface area contributed by atoms with E-state index < -0.39 is 0 Å². The summed E-state index contributed by atoms with van der Waals surface area (Å²) < 4.78 is 1.49. The van der Waals surface area contributed by atoms with Crippen molar-refractivity contribution in [1.82, 2.24) is 9.55 Å². The maximum atomic E-state index is 13.0. The van der Waals surface area contributed by atoms with E-state index in [1.807, 2.05) is 13.8 Å². The standard InChI is InChI=1S/C18H15N3O2/c1-11(2)17-20-15-9-13(22)7-8-14(15)18(23)21(17)16-6-4-3-5-12(16)10-19/h3-9,11,22H,1-2H3. The molecule has 0 aliphatic rings. The highest BCUT2D eigenvalue weighted by Gasteiger charge is 2.17. The van der Waals surface area contributed by atoms with Crippen molar-refractivity contribution in [2.75, 3.05) is 0 Å². The molecule has 0 spiro atoms. The molecule has 0 saturated heterocycles. The highest BCUT2D eigenvalue weighted by atomic mass is 16.3. The molecule has 0 bridgehead atoms. The van der Waals surface area contributed by atoms with Crippen LogP contribution >= 0.6 is 0 Å². The first-order chi connectivity index (χ1) is 11.0. The molecule has 5 heteroatoms. The summed E-state index contributed by atoms with van der Waals surface area (Å²) in [5, 5.41) is 19.4. The van der Waals surface area contributed by atoms with Crippen molar-refractivity contribution in [3.63, 3.8) is 0 Å². The summed E-state index contributed by atoms with van der Waals surface area (Å²) in [5.41, 5.74) is 1.13. The SMILES string of the molecule is CC(C)c1nc2cc(O)ccc2c(=O)n1-c1ccccc1C#N. The zero-order valence-electron chi connectivity index (χ0n) is 12.8. The van der Waals surface area contributed by atoms with Crippen molar-refractivity contribution in [1.29, 1.82) is 5.26 Å². The maximum absolute atomic E-state index is 13.0. The number of hydrogen-bond acceptors (Lipinski definition) is 4. The second-order valence-corrected chi connectivity index (χ2v) is 5.60. The molecule has 0 aliphatic heterocycles. The molecule has 0 radical (unpaired) electrons. The van der Waals surface area contributed by atoms with Gasteiger partial charge in [0.15, 0.2) is 0 Å². The smallest absolute Gasteiger partial charge is 0.266 e. The van der Waals surface area contributed by atoms with Gasteiger partial charge < -0.3 is 5.11 Å². The molecule has 0 atom stereocenters. The number of para-hydroxylation sites is 1. The Labute approximate surface area is 133 Å². The summed E-state index contributed by atoms with van der Waals surface area (Å²) in [6, 6.07) is 13.6. The summed E-state index contributed by atoms with van der Waals surface area (Å²) in [6.45, 7) is 3.86. The van der Waals surface area contributed by atoms with Gasteiger partial charge in [0.25, 0.3) is 5.56 Å². The lowest BCUT2D eigenvalue weighted by Gasteiger charge is -2.16. The minimum atomic E-state index is -0.249. The second kappa shape index (κ2) is 5.58. The van der Waals surface area contributed by atoms with Crippen LogP contribution in [0.4, 0.5) is 0 Å². The lowest BCUT2D eigenvalue weighted by molar-refractivity contribution is 0.476. The highest BCUT2D eigenvalue weighted by molar-refractivity contribution is 5.79. The molecule has 0 unspecified atom stereocenters. The quantitative estimate of drug-likeness (QED) is 0.789. The van der Waals surface area contributed by atoms with E-state index in [9.17, 15) is 15.2 Å². The molecule has 1 N–H and O–H groups in total. The van der Waals surface area contributed by atoms with Crippen LogP contribution in [0.15, 0.2) is 47.3 Å². The molecule has 3 rings (SSSR count). The van der Waals surface area contributed by atoms with Crippen LogP contribution in [-0.4, -0.2) is 14.7 Å².